The molecule has 0 saturated carbocycles. The predicted octanol–water partition coefficient (Wildman–Crippen LogP) is 1.36. The Morgan fingerprint density at radius 1 is 1.39 bits per heavy atom. The van der Waals surface area contributed by atoms with Crippen LogP contribution in [0.4, 0.5) is 5.82 Å². The maximum Gasteiger partial charge on any atom is 0.364 e. The van der Waals surface area contributed by atoms with E-state index in [1.165, 1.54) is 23.1 Å². The summed E-state index contributed by atoms with van der Waals surface area (Å²) in [6, 6.07) is 3.60. The maximum atomic E-state index is 11.3. The van der Waals surface area contributed by atoms with Crippen molar-refractivity contribution in [3.05, 3.63) is 22.6 Å². The third-order valence-corrected chi connectivity index (χ3v) is 3.30. The van der Waals surface area contributed by atoms with Crippen molar-refractivity contribution >= 4 is 23.2 Å². The van der Waals surface area contributed by atoms with Gasteiger partial charge >= 0.3 is 5.69 Å². The molecule has 0 spiro atoms. The number of H-pyrrole nitrogens is 1. The molecular weight excluding hydrogens is 250 g/mol. The molecule has 6 nitrogen and oxygen atoms in total. The number of anilines is 1. The van der Waals surface area contributed by atoms with Crippen LogP contribution in [0.3, 0.4) is 0 Å². The van der Waals surface area contributed by atoms with Gasteiger partial charge in [-0.05, 0) is 37.0 Å². The summed E-state index contributed by atoms with van der Waals surface area (Å²) in [6.45, 7) is 0.874. The van der Waals surface area contributed by atoms with Crippen molar-refractivity contribution in [3.63, 3.8) is 0 Å². The van der Waals surface area contributed by atoms with Gasteiger partial charge in [-0.1, -0.05) is 6.42 Å². The third kappa shape index (κ3) is 3.25. The number of hydrogen-bond acceptors (Lipinski definition) is 5. The Bertz CT molecular complexity index is 550. The molecular formula is C11H17N5OS. The number of hydrogen-bond donors (Lipinski definition) is 2. The Morgan fingerprint density at radius 2 is 2.28 bits per heavy atom. The number of aromatic nitrogens is 4. The molecule has 2 rings (SSSR count). The van der Waals surface area contributed by atoms with Gasteiger partial charge in [-0.3, -0.25) is 0 Å². The second kappa shape index (κ2) is 6.44. The summed E-state index contributed by atoms with van der Waals surface area (Å²) >= 11 is 1.88. The normalized spacial score (nSPS) is 10.9. The Balaban J connectivity index is 1.84. The standard InChI is InChI=1S/C11H17N5OS/c1-18-8-4-2-3-7-12-9-5-6-10-13-14-11(17)16(10)15-9/h5-6H,2-4,7-8H2,1H3,(H,12,15)(H,14,17). The van der Waals surface area contributed by atoms with Crippen LogP contribution >= 0.6 is 11.8 Å². The molecule has 0 atom stereocenters. The zero-order chi connectivity index (χ0) is 12.8. The van der Waals surface area contributed by atoms with Crippen LogP contribution in [0.1, 0.15) is 19.3 Å². The average Bonchev–Trinajstić information content (AvgIpc) is 2.75. The van der Waals surface area contributed by atoms with E-state index in [2.05, 4.69) is 26.9 Å². The zero-order valence-electron chi connectivity index (χ0n) is 10.3. The summed E-state index contributed by atoms with van der Waals surface area (Å²) in [5, 5.41) is 13.6. The Kier molecular flexibility index (Phi) is 4.63. The smallest absolute Gasteiger partial charge is 0.364 e. The lowest BCUT2D eigenvalue weighted by atomic mass is 10.2. The predicted molar refractivity (Wildman–Crippen MR) is 74.3 cm³/mol. The molecule has 0 aliphatic carbocycles. The zero-order valence-corrected chi connectivity index (χ0v) is 11.2. The molecule has 18 heavy (non-hydrogen) atoms. The minimum atomic E-state index is -0.311. The Morgan fingerprint density at radius 3 is 3.11 bits per heavy atom. The monoisotopic (exact) mass is 267 g/mol. The maximum absolute atomic E-state index is 11.3. The van der Waals surface area contributed by atoms with Crippen molar-refractivity contribution < 1.29 is 0 Å². The summed E-state index contributed by atoms with van der Waals surface area (Å²) in [6.07, 6.45) is 5.69. The molecule has 2 heterocycles. The van der Waals surface area contributed by atoms with Gasteiger partial charge in [0.15, 0.2) is 5.65 Å². The molecule has 0 amide bonds. The number of aromatic amines is 1. The quantitative estimate of drug-likeness (QED) is 0.741. The Labute approximate surface area is 109 Å². The molecule has 98 valence electrons. The topological polar surface area (TPSA) is 75.1 Å². The first-order chi connectivity index (χ1) is 8.81. The first-order valence-electron chi connectivity index (χ1n) is 5.98. The first kappa shape index (κ1) is 12.9. The number of fused-ring (bicyclic) bond motifs is 1. The summed E-state index contributed by atoms with van der Waals surface area (Å²) in [5.74, 6) is 1.92. The van der Waals surface area contributed by atoms with Gasteiger partial charge in [0.2, 0.25) is 0 Å². The van der Waals surface area contributed by atoms with Gasteiger partial charge in [-0.2, -0.15) is 21.4 Å². The van der Waals surface area contributed by atoms with Gasteiger partial charge in [0.1, 0.15) is 5.82 Å². The minimum absolute atomic E-state index is 0.311. The third-order valence-electron chi connectivity index (χ3n) is 2.60. The first-order valence-corrected chi connectivity index (χ1v) is 7.38. The van der Waals surface area contributed by atoms with Crippen LogP contribution in [0.15, 0.2) is 16.9 Å². The van der Waals surface area contributed by atoms with Crippen LogP contribution in [0.5, 0.6) is 0 Å². The lowest BCUT2D eigenvalue weighted by Gasteiger charge is -2.04. The van der Waals surface area contributed by atoms with E-state index in [4.69, 9.17) is 0 Å². The summed E-state index contributed by atoms with van der Waals surface area (Å²) in [7, 11) is 0. The number of nitrogens with zero attached hydrogens (tertiary/aromatic N) is 3. The highest BCUT2D eigenvalue weighted by Gasteiger charge is 2.01. The highest BCUT2D eigenvalue weighted by atomic mass is 32.2. The molecule has 2 aromatic heterocycles. The molecule has 0 saturated heterocycles. The van der Waals surface area contributed by atoms with E-state index in [0.29, 0.717) is 11.5 Å². The van der Waals surface area contributed by atoms with Gasteiger partial charge in [0.05, 0.1) is 0 Å². The van der Waals surface area contributed by atoms with Gasteiger partial charge in [0.25, 0.3) is 0 Å². The second-order valence-corrected chi connectivity index (χ2v) is 4.98. The van der Waals surface area contributed by atoms with Crippen LogP contribution in [0.2, 0.25) is 0 Å². The molecule has 2 aromatic rings. The van der Waals surface area contributed by atoms with E-state index in [1.807, 2.05) is 17.8 Å². The van der Waals surface area contributed by atoms with Crippen molar-refractivity contribution in [1.29, 1.82) is 0 Å². The summed E-state index contributed by atoms with van der Waals surface area (Å²) < 4.78 is 1.26. The van der Waals surface area contributed by atoms with Crippen molar-refractivity contribution in [2.45, 2.75) is 19.3 Å². The average molecular weight is 267 g/mol. The highest BCUT2D eigenvalue weighted by Crippen LogP contribution is 2.05. The van der Waals surface area contributed by atoms with E-state index >= 15 is 0 Å². The highest BCUT2D eigenvalue weighted by molar-refractivity contribution is 7.98. The molecule has 0 fully saturated rings. The lowest BCUT2D eigenvalue weighted by molar-refractivity contribution is 0.745. The largest absolute Gasteiger partial charge is 0.369 e. The summed E-state index contributed by atoms with van der Waals surface area (Å²) in [4.78, 5) is 11.3. The number of rotatable bonds is 7. The van der Waals surface area contributed by atoms with E-state index < -0.39 is 0 Å². The molecule has 7 heteroatoms. The van der Waals surface area contributed by atoms with Crippen LogP contribution in [-0.4, -0.2) is 38.4 Å². The molecule has 0 radical (unpaired) electrons. The van der Waals surface area contributed by atoms with Crippen molar-refractivity contribution in [2.75, 3.05) is 23.9 Å². The SMILES string of the molecule is CSCCCCCNc1ccc2n[nH]c(=O)n2n1. The van der Waals surface area contributed by atoms with Crippen LogP contribution in [0, 0.1) is 0 Å². The molecule has 0 aliphatic heterocycles. The van der Waals surface area contributed by atoms with Crippen molar-refractivity contribution in [3.8, 4) is 0 Å². The fourth-order valence-electron chi connectivity index (χ4n) is 1.66. The van der Waals surface area contributed by atoms with E-state index in [9.17, 15) is 4.79 Å². The number of nitrogens with one attached hydrogen (secondary N) is 2. The van der Waals surface area contributed by atoms with Crippen LogP contribution in [0.25, 0.3) is 5.65 Å². The molecule has 0 unspecified atom stereocenters. The van der Waals surface area contributed by atoms with E-state index in [0.717, 1.165) is 13.0 Å². The van der Waals surface area contributed by atoms with Crippen LogP contribution < -0.4 is 11.0 Å². The fraction of sp³-hybridized carbons (Fsp3) is 0.545. The molecule has 0 bridgehead atoms. The van der Waals surface area contributed by atoms with Gasteiger partial charge in [0, 0.05) is 6.54 Å². The number of thioether (sulfide) groups is 1. The van der Waals surface area contributed by atoms with E-state index in [1.54, 1.807) is 6.07 Å². The van der Waals surface area contributed by atoms with E-state index in [-0.39, 0.29) is 5.69 Å². The second-order valence-electron chi connectivity index (χ2n) is 4.00. The van der Waals surface area contributed by atoms with Crippen molar-refractivity contribution in [1.82, 2.24) is 19.8 Å². The molecule has 0 aromatic carbocycles. The minimum Gasteiger partial charge on any atom is -0.369 e. The van der Waals surface area contributed by atoms with Crippen molar-refractivity contribution in [2.24, 2.45) is 0 Å². The molecule has 2 N–H and O–H groups in total. The van der Waals surface area contributed by atoms with Gasteiger partial charge in [-0.15, -0.1) is 5.10 Å². The summed E-state index contributed by atoms with van der Waals surface area (Å²) in [5.41, 5.74) is 0.221. The molecule has 0 aliphatic rings. The number of unbranched alkanes of at least 4 members (excludes halogenated alkanes) is 2. The van der Waals surface area contributed by atoms with Crippen LogP contribution in [-0.2, 0) is 0 Å². The lowest BCUT2D eigenvalue weighted by Crippen LogP contribution is -2.14. The van der Waals surface area contributed by atoms with Gasteiger partial charge in [-0.25, -0.2) is 9.89 Å². The fourth-order valence-corrected chi connectivity index (χ4v) is 2.15. The Hall–Kier alpha value is -1.50. The van der Waals surface area contributed by atoms with Gasteiger partial charge < -0.3 is 5.32 Å².